The van der Waals surface area contributed by atoms with Crippen LogP contribution in [0.15, 0.2) is 24.3 Å². The van der Waals surface area contributed by atoms with E-state index in [9.17, 15) is 18.0 Å². The molecule has 0 aliphatic carbocycles. The molecule has 25 heavy (non-hydrogen) atoms. The number of ether oxygens (including phenoxy) is 1. The van der Waals surface area contributed by atoms with E-state index >= 15 is 0 Å². The highest BCUT2D eigenvalue weighted by Crippen LogP contribution is 2.21. The van der Waals surface area contributed by atoms with Crippen molar-refractivity contribution in [1.82, 2.24) is 10.9 Å². The summed E-state index contributed by atoms with van der Waals surface area (Å²) in [6.45, 7) is 2.71. The maximum absolute atomic E-state index is 12.0. The largest absolute Gasteiger partial charge is 0.494 e. The number of nitrogens with one attached hydrogen (secondary N) is 2. The zero-order chi connectivity index (χ0) is 18.3. The Bertz CT molecular complexity index is 700. The quantitative estimate of drug-likeness (QED) is 0.560. The average molecular weight is 368 g/mol. The molecule has 8 heteroatoms. The zero-order valence-corrected chi connectivity index (χ0v) is 15.1. The lowest BCUT2D eigenvalue weighted by Crippen LogP contribution is -2.42. The summed E-state index contributed by atoms with van der Waals surface area (Å²) in [6.07, 6.45) is 2.59. The van der Waals surface area contributed by atoms with Crippen molar-refractivity contribution in [2.24, 2.45) is 5.92 Å². The minimum Gasteiger partial charge on any atom is -0.494 e. The molecular formula is C17H24N2O5S. The van der Waals surface area contributed by atoms with E-state index in [1.165, 1.54) is 0 Å². The minimum atomic E-state index is -3.01. The van der Waals surface area contributed by atoms with Gasteiger partial charge in [-0.2, -0.15) is 0 Å². The third-order valence-corrected chi connectivity index (χ3v) is 5.84. The van der Waals surface area contributed by atoms with Gasteiger partial charge in [-0.1, -0.05) is 13.3 Å². The van der Waals surface area contributed by atoms with Crippen LogP contribution in [0.25, 0.3) is 0 Å². The van der Waals surface area contributed by atoms with Crippen LogP contribution < -0.4 is 15.6 Å². The molecule has 1 fully saturated rings. The second-order valence-corrected chi connectivity index (χ2v) is 8.43. The summed E-state index contributed by atoms with van der Waals surface area (Å²) in [7, 11) is -3.01. The first kappa shape index (κ1) is 19.2. The molecular weight excluding hydrogens is 344 g/mol. The van der Waals surface area contributed by atoms with E-state index in [1.807, 2.05) is 0 Å². The predicted octanol–water partition coefficient (Wildman–Crippen LogP) is 1.45. The lowest BCUT2D eigenvalue weighted by Gasteiger charge is -2.10. The standard InChI is InChI=1S/C17H24N2O5S/c1-2-3-9-24-15-6-4-14(5-7-15)17(21)19-18-16(20)11-13-8-10-25(22,23)12-13/h4-7,13H,2-3,8-12H2,1H3,(H,18,20)(H,19,21)/t13-/m0/s1. The normalized spacial score (nSPS) is 18.5. The maximum Gasteiger partial charge on any atom is 0.269 e. The van der Waals surface area contributed by atoms with Crippen LogP contribution in [-0.2, 0) is 14.6 Å². The number of amides is 2. The van der Waals surface area contributed by atoms with Crippen molar-refractivity contribution in [3.05, 3.63) is 29.8 Å². The van der Waals surface area contributed by atoms with Gasteiger partial charge < -0.3 is 4.74 Å². The number of rotatable bonds is 7. The van der Waals surface area contributed by atoms with Gasteiger partial charge in [0.25, 0.3) is 5.91 Å². The summed E-state index contributed by atoms with van der Waals surface area (Å²) in [5.74, 6) is -0.155. The monoisotopic (exact) mass is 368 g/mol. The minimum absolute atomic E-state index is 0.0356. The van der Waals surface area contributed by atoms with Crippen molar-refractivity contribution >= 4 is 21.7 Å². The Hall–Kier alpha value is -2.09. The lowest BCUT2D eigenvalue weighted by atomic mass is 10.1. The second kappa shape index (κ2) is 8.84. The Balaban J connectivity index is 1.75. The fourth-order valence-corrected chi connectivity index (χ4v) is 4.44. The topological polar surface area (TPSA) is 102 Å². The molecule has 1 aliphatic rings. The van der Waals surface area contributed by atoms with Gasteiger partial charge in [0.1, 0.15) is 5.75 Å². The molecule has 2 rings (SSSR count). The van der Waals surface area contributed by atoms with Crippen LogP contribution in [0.4, 0.5) is 0 Å². The van der Waals surface area contributed by atoms with Gasteiger partial charge in [-0.25, -0.2) is 8.42 Å². The van der Waals surface area contributed by atoms with Gasteiger partial charge in [-0.15, -0.1) is 0 Å². The summed E-state index contributed by atoms with van der Waals surface area (Å²) >= 11 is 0. The van der Waals surface area contributed by atoms with Gasteiger partial charge >= 0.3 is 0 Å². The Morgan fingerprint density at radius 1 is 1.20 bits per heavy atom. The molecule has 2 N–H and O–H groups in total. The molecule has 0 unspecified atom stereocenters. The Kier molecular flexibility index (Phi) is 6.81. The molecule has 0 radical (unpaired) electrons. The number of carbonyl (C=O) groups is 2. The summed E-state index contributed by atoms with van der Waals surface area (Å²) in [6, 6.07) is 6.64. The molecule has 1 atom stereocenters. The van der Waals surface area contributed by atoms with E-state index in [0.29, 0.717) is 24.3 Å². The number of hydrogen-bond acceptors (Lipinski definition) is 5. The summed E-state index contributed by atoms with van der Waals surface area (Å²) in [5, 5.41) is 0. The number of hydrazine groups is 1. The number of hydrogen-bond donors (Lipinski definition) is 2. The molecule has 1 aromatic rings. The number of benzene rings is 1. The van der Waals surface area contributed by atoms with Crippen molar-refractivity contribution in [3.8, 4) is 5.75 Å². The molecule has 138 valence electrons. The number of unbranched alkanes of at least 4 members (excludes halogenated alkanes) is 1. The molecule has 1 aromatic carbocycles. The highest BCUT2D eigenvalue weighted by Gasteiger charge is 2.29. The maximum atomic E-state index is 12.0. The van der Waals surface area contributed by atoms with Gasteiger partial charge in [0.05, 0.1) is 18.1 Å². The van der Waals surface area contributed by atoms with Crippen LogP contribution in [-0.4, -0.2) is 38.3 Å². The van der Waals surface area contributed by atoms with Crippen LogP contribution in [0.2, 0.25) is 0 Å². The van der Waals surface area contributed by atoms with Gasteiger partial charge in [0.15, 0.2) is 9.84 Å². The fourth-order valence-electron chi connectivity index (χ4n) is 2.58. The molecule has 1 saturated heterocycles. The first-order valence-corrected chi connectivity index (χ1v) is 10.2. The smallest absolute Gasteiger partial charge is 0.269 e. The van der Waals surface area contributed by atoms with E-state index in [-0.39, 0.29) is 23.8 Å². The highest BCUT2D eigenvalue weighted by atomic mass is 32.2. The fraction of sp³-hybridized carbons (Fsp3) is 0.529. The molecule has 1 heterocycles. The van der Waals surface area contributed by atoms with Gasteiger partial charge in [0.2, 0.25) is 5.91 Å². The van der Waals surface area contributed by atoms with Crippen LogP contribution in [0.3, 0.4) is 0 Å². The average Bonchev–Trinajstić information content (AvgIpc) is 2.92. The third kappa shape index (κ3) is 6.38. The van der Waals surface area contributed by atoms with E-state index in [1.54, 1.807) is 24.3 Å². The zero-order valence-electron chi connectivity index (χ0n) is 14.3. The van der Waals surface area contributed by atoms with E-state index < -0.39 is 21.7 Å². The number of carbonyl (C=O) groups excluding carboxylic acids is 2. The summed E-state index contributed by atoms with van der Waals surface area (Å²) < 4.78 is 28.3. The molecule has 0 saturated carbocycles. The van der Waals surface area contributed by atoms with Crippen molar-refractivity contribution in [3.63, 3.8) is 0 Å². The van der Waals surface area contributed by atoms with Gasteiger partial charge in [-0.05, 0) is 43.0 Å². The van der Waals surface area contributed by atoms with Crippen LogP contribution >= 0.6 is 0 Å². The molecule has 0 bridgehead atoms. The third-order valence-electron chi connectivity index (χ3n) is 4.00. The van der Waals surface area contributed by atoms with Crippen molar-refractivity contribution in [2.75, 3.05) is 18.1 Å². The lowest BCUT2D eigenvalue weighted by molar-refractivity contribution is -0.122. The predicted molar refractivity (Wildman–Crippen MR) is 93.8 cm³/mol. The highest BCUT2D eigenvalue weighted by molar-refractivity contribution is 7.91. The van der Waals surface area contributed by atoms with Crippen molar-refractivity contribution in [2.45, 2.75) is 32.6 Å². The van der Waals surface area contributed by atoms with E-state index in [2.05, 4.69) is 17.8 Å². The van der Waals surface area contributed by atoms with Gasteiger partial charge in [0, 0.05) is 12.0 Å². The van der Waals surface area contributed by atoms with E-state index in [0.717, 1.165) is 12.8 Å². The molecule has 0 spiro atoms. The van der Waals surface area contributed by atoms with Crippen molar-refractivity contribution in [1.29, 1.82) is 0 Å². The van der Waals surface area contributed by atoms with Crippen LogP contribution in [0.5, 0.6) is 5.75 Å². The second-order valence-electron chi connectivity index (χ2n) is 6.20. The Labute approximate surface area is 148 Å². The Morgan fingerprint density at radius 3 is 2.52 bits per heavy atom. The summed E-state index contributed by atoms with van der Waals surface area (Å²) in [4.78, 5) is 23.8. The first-order valence-electron chi connectivity index (χ1n) is 8.42. The summed E-state index contributed by atoms with van der Waals surface area (Å²) in [5.41, 5.74) is 5.06. The molecule has 2 amide bonds. The van der Waals surface area contributed by atoms with Gasteiger partial charge in [-0.3, -0.25) is 20.4 Å². The number of sulfone groups is 1. The van der Waals surface area contributed by atoms with E-state index in [4.69, 9.17) is 4.74 Å². The SMILES string of the molecule is CCCCOc1ccc(C(=O)NNC(=O)C[C@@H]2CCS(=O)(=O)C2)cc1. The van der Waals surface area contributed by atoms with Crippen LogP contribution in [0.1, 0.15) is 43.0 Å². The molecule has 1 aliphatic heterocycles. The first-order chi connectivity index (χ1) is 11.9. The van der Waals surface area contributed by atoms with Crippen LogP contribution in [0, 0.1) is 5.92 Å². The van der Waals surface area contributed by atoms with Crippen molar-refractivity contribution < 1.29 is 22.7 Å². The Morgan fingerprint density at radius 2 is 1.92 bits per heavy atom. The molecule has 0 aromatic heterocycles. The molecule has 7 nitrogen and oxygen atoms in total.